The van der Waals surface area contributed by atoms with E-state index < -0.39 is 12.8 Å². The van der Waals surface area contributed by atoms with Crippen LogP contribution >= 0.6 is 0 Å². The van der Waals surface area contributed by atoms with Crippen molar-refractivity contribution in [1.82, 2.24) is 0 Å². The number of ether oxygens (including phenoxy) is 1. The number of rotatable bonds is 5. The molecule has 2 rings (SSSR count). The van der Waals surface area contributed by atoms with Crippen molar-refractivity contribution in [2.24, 2.45) is 0 Å². The van der Waals surface area contributed by atoms with Crippen LogP contribution in [0, 0.1) is 0 Å². The Bertz CT molecular complexity index is 418. The largest absolute Gasteiger partial charge is 0.411 e. The number of alkyl halides is 3. The van der Waals surface area contributed by atoms with Gasteiger partial charge in [0.05, 0.1) is 6.61 Å². The molecule has 1 aromatic rings. The fraction of sp³-hybridized carbons (Fsp3) is 0.571. The summed E-state index contributed by atoms with van der Waals surface area (Å²) in [6, 6.07) is 6.09. The average Bonchev–Trinajstić information content (AvgIpc) is 2.37. The SMILES string of the molecule is FC(F)(F)COCCNc1cccc2c1CCCC2. The van der Waals surface area contributed by atoms with Gasteiger partial charge in [-0.3, -0.25) is 0 Å². The van der Waals surface area contributed by atoms with Crippen LogP contribution in [0.5, 0.6) is 0 Å². The van der Waals surface area contributed by atoms with Crippen LogP contribution in [0.2, 0.25) is 0 Å². The molecule has 106 valence electrons. The first-order valence-corrected chi connectivity index (χ1v) is 6.55. The van der Waals surface area contributed by atoms with E-state index in [0.717, 1.165) is 18.5 Å². The Morgan fingerprint density at radius 2 is 1.95 bits per heavy atom. The van der Waals surface area contributed by atoms with E-state index in [-0.39, 0.29) is 6.61 Å². The Hall–Kier alpha value is -1.23. The molecule has 0 atom stereocenters. The second kappa shape index (κ2) is 6.28. The highest BCUT2D eigenvalue weighted by molar-refractivity contribution is 5.55. The van der Waals surface area contributed by atoms with Gasteiger partial charge in [0.2, 0.25) is 0 Å². The van der Waals surface area contributed by atoms with Crippen molar-refractivity contribution in [1.29, 1.82) is 0 Å². The van der Waals surface area contributed by atoms with E-state index in [9.17, 15) is 13.2 Å². The zero-order chi connectivity index (χ0) is 13.7. The first-order valence-electron chi connectivity index (χ1n) is 6.55. The lowest BCUT2D eigenvalue weighted by atomic mass is 9.90. The molecule has 1 aliphatic rings. The maximum Gasteiger partial charge on any atom is 0.411 e. The molecule has 0 spiro atoms. The number of hydrogen-bond donors (Lipinski definition) is 1. The van der Waals surface area contributed by atoms with E-state index in [4.69, 9.17) is 0 Å². The molecule has 0 unspecified atom stereocenters. The van der Waals surface area contributed by atoms with Gasteiger partial charge in [-0.25, -0.2) is 0 Å². The van der Waals surface area contributed by atoms with Crippen LogP contribution in [0.3, 0.4) is 0 Å². The molecule has 0 saturated carbocycles. The molecular weight excluding hydrogens is 255 g/mol. The third-order valence-electron chi connectivity index (χ3n) is 3.22. The molecule has 0 fully saturated rings. The molecular formula is C14H18F3NO. The second-order valence-corrected chi connectivity index (χ2v) is 4.74. The van der Waals surface area contributed by atoms with Crippen LogP contribution < -0.4 is 5.32 Å². The molecule has 0 aliphatic heterocycles. The van der Waals surface area contributed by atoms with E-state index in [2.05, 4.69) is 16.1 Å². The van der Waals surface area contributed by atoms with E-state index >= 15 is 0 Å². The topological polar surface area (TPSA) is 21.3 Å². The summed E-state index contributed by atoms with van der Waals surface area (Å²) in [4.78, 5) is 0. The van der Waals surface area contributed by atoms with Crippen molar-refractivity contribution < 1.29 is 17.9 Å². The Morgan fingerprint density at radius 3 is 2.74 bits per heavy atom. The van der Waals surface area contributed by atoms with Crippen LogP contribution in [-0.4, -0.2) is 25.9 Å². The molecule has 0 aromatic heterocycles. The molecule has 2 nitrogen and oxygen atoms in total. The van der Waals surface area contributed by atoms with Crippen molar-refractivity contribution in [2.75, 3.05) is 25.1 Å². The Balaban J connectivity index is 1.80. The molecule has 1 aromatic carbocycles. The fourth-order valence-electron chi connectivity index (χ4n) is 2.39. The van der Waals surface area contributed by atoms with Crippen molar-refractivity contribution >= 4 is 5.69 Å². The summed E-state index contributed by atoms with van der Waals surface area (Å²) >= 11 is 0. The first kappa shape index (κ1) is 14.2. The fourth-order valence-corrected chi connectivity index (χ4v) is 2.39. The van der Waals surface area contributed by atoms with Crippen molar-refractivity contribution in [3.8, 4) is 0 Å². The second-order valence-electron chi connectivity index (χ2n) is 4.74. The summed E-state index contributed by atoms with van der Waals surface area (Å²) in [6.45, 7) is -0.725. The summed E-state index contributed by atoms with van der Waals surface area (Å²) in [5, 5.41) is 3.17. The third-order valence-corrected chi connectivity index (χ3v) is 3.22. The maximum atomic E-state index is 11.9. The Labute approximate surface area is 111 Å². The summed E-state index contributed by atoms with van der Waals surface area (Å²) in [7, 11) is 0. The standard InChI is InChI=1S/C14H18F3NO/c15-14(16,17)10-19-9-8-18-13-7-3-5-11-4-1-2-6-12(11)13/h3,5,7,18H,1-2,4,6,8-10H2. The molecule has 0 amide bonds. The van der Waals surface area contributed by atoms with Crippen LogP contribution in [0.4, 0.5) is 18.9 Å². The number of fused-ring (bicyclic) bond motifs is 1. The summed E-state index contributed by atoms with van der Waals surface area (Å²) in [5.74, 6) is 0. The van der Waals surface area contributed by atoms with E-state index in [1.165, 1.54) is 24.0 Å². The lowest BCUT2D eigenvalue weighted by Crippen LogP contribution is -2.20. The maximum absolute atomic E-state index is 11.9. The van der Waals surface area contributed by atoms with Crippen molar-refractivity contribution in [3.63, 3.8) is 0 Å². The minimum Gasteiger partial charge on any atom is -0.382 e. The summed E-state index contributed by atoms with van der Waals surface area (Å²) < 4.78 is 40.2. The number of aryl methyl sites for hydroxylation is 1. The van der Waals surface area contributed by atoms with Gasteiger partial charge in [-0.2, -0.15) is 13.2 Å². The van der Waals surface area contributed by atoms with E-state index in [1.807, 2.05) is 12.1 Å². The van der Waals surface area contributed by atoms with Gasteiger partial charge >= 0.3 is 6.18 Å². The lowest BCUT2D eigenvalue weighted by molar-refractivity contribution is -0.172. The molecule has 0 radical (unpaired) electrons. The van der Waals surface area contributed by atoms with Gasteiger partial charge in [-0.05, 0) is 42.9 Å². The highest BCUT2D eigenvalue weighted by Crippen LogP contribution is 2.27. The Kier molecular flexibility index (Phi) is 4.69. The van der Waals surface area contributed by atoms with Crippen molar-refractivity contribution in [3.05, 3.63) is 29.3 Å². The predicted molar refractivity (Wildman–Crippen MR) is 68.4 cm³/mol. The number of hydrogen-bond acceptors (Lipinski definition) is 2. The first-order chi connectivity index (χ1) is 9.06. The number of benzene rings is 1. The highest BCUT2D eigenvalue weighted by Gasteiger charge is 2.27. The van der Waals surface area contributed by atoms with Gasteiger partial charge < -0.3 is 10.1 Å². The van der Waals surface area contributed by atoms with Gasteiger partial charge in [0.1, 0.15) is 6.61 Å². The molecule has 0 heterocycles. The molecule has 19 heavy (non-hydrogen) atoms. The molecule has 0 bridgehead atoms. The van der Waals surface area contributed by atoms with Crippen LogP contribution in [0.15, 0.2) is 18.2 Å². The van der Waals surface area contributed by atoms with Crippen LogP contribution in [0.25, 0.3) is 0 Å². The van der Waals surface area contributed by atoms with Gasteiger partial charge in [0.25, 0.3) is 0 Å². The normalized spacial score (nSPS) is 15.1. The van der Waals surface area contributed by atoms with Gasteiger partial charge in [-0.15, -0.1) is 0 Å². The van der Waals surface area contributed by atoms with Gasteiger partial charge in [0.15, 0.2) is 0 Å². The van der Waals surface area contributed by atoms with E-state index in [1.54, 1.807) is 0 Å². The molecule has 1 N–H and O–H groups in total. The van der Waals surface area contributed by atoms with Crippen LogP contribution in [0.1, 0.15) is 24.0 Å². The Morgan fingerprint density at radius 1 is 1.16 bits per heavy atom. The summed E-state index contributed by atoms with van der Waals surface area (Å²) in [5.41, 5.74) is 3.70. The summed E-state index contributed by atoms with van der Waals surface area (Å²) in [6.07, 6.45) is 0.282. The number of nitrogens with one attached hydrogen (secondary N) is 1. The molecule has 0 saturated heterocycles. The zero-order valence-corrected chi connectivity index (χ0v) is 10.7. The van der Waals surface area contributed by atoms with Gasteiger partial charge in [-0.1, -0.05) is 12.1 Å². The smallest absolute Gasteiger partial charge is 0.382 e. The van der Waals surface area contributed by atoms with Gasteiger partial charge in [0, 0.05) is 12.2 Å². The van der Waals surface area contributed by atoms with Crippen LogP contribution in [-0.2, 0) is 17.6 Å². The minimum atomic E-state index is -4.24. The predicted octanol–water partition coefficient (Wildman–Crippen LogP) is 3.56. The minimum absolute atomic E-state index is 0.0587. The number of halogens is 3. The average molecular weight is 273 g/mol. The third kappa shape index (κ3) is 4.42. The molecule has 1 aliphatic carbocycles. The highest BCUT2D eigenvalue weighted by atomic mass is 19.4. The lowest BCUT2D eigenvalue weighted by Gasteiger charge is -2.20. The monoisotopic (exact) mass is 273 g/mol. The quantitative estimate of drug-likeness (QED) is 0.828. The molecule has 5 heteroatoms. The van der Waals surface area contributed by atoms with Crippen molar-refractivity contribution in [2.45, 2.75) is 31.9 Å². The number of anilines is 1. The zero-order valence-electron chi connectivity index (χ0n) is 10.7. The van der Waals surface area contributed by atoms with E-state index in [0.29, 0.717) is 6.54 Å².